The Kier molecular flexibility index (Phi) is 6.52. The van der Waals surface area contributed by atoms with Crippen molar-refractivity contribution in [1.82, 2.24) is 4.98 Å². The maximum absolute atomic E-state index is 10.9. The summed E-state index contributed by atoms with van der Waals surface area (Å²) >= 11 is 17.6. The van der Waals surface area contributed by atoms with Crippen LogP contribution in [0, 0.1) is 5.92 Å². The van der Waals surface area contributed by atoms with E-state index >= 15 is 0 Å². The predicted octanol–water partition coefficient (Wildman–Crippen LogP) is 3.24. The minimum absolute atomic E-state index is 0.00311. The standard InChI is InChI=1S/C12H14Cl3N3O2/c1-3-6(4-2)5-16-18-9-7(13)10(12(19)20)17-11(15)8(9)14/h5-6H,3-4H2,1-2H3,(H,17,18)(H,19,20)/p-1/b16-5-. The first-order valence-corrected chi connectivity index (χ1v) is 7.10. The molecule has 0 aliphatic rings. The molecule has 5 nitrogen and oxygen atoms in total. The van der Waals surface area contributed by atoms with E-state index in [0.717, 1.165) is 12.8 Å². The van der Waals surface area contributed by atoms with Crippen LogP contribution in [0.5, 0.6) is 0 Å². The topological polar surface area (TPSA) is 77.4 Å². The number of hydrazone groups is 1. The van der Waals surface area contributed by atoms with Gasteiger partial charge in [-0.2, -0.15) is 5.10 Å². The first-order chi connectivity index (χ1) is 9.42. The number of carboxylic acid groups (broad SMARTS) is 1. The number of aromatic carboxylic acids is 1. The molecule has 0 saturated carbocycles. The molecule has 1 aromatic rings. The van der Waals surface area contributed by atoms with Gasteiger partial charge in [0.25, 0.3) is 0 Å². The van der Waals surface area contributed by atoms with Crippen molar-refractivity contribution in [3.05, 3.63) is 20.9 Å². The number of nitrogens with zero attached hydrogens (tertiary/aromatic N) is 2. The Morgan fingerprint density at radius 2 is 1.95 bits per heavy atom. The molecule has 110 valence electrons. The van der Waals surface area contributed by atoms with E-state index in [-0.39, 0.29) is 20.9 Å². The van der Waals surface area contributed by atoms with E-state index in [1.54, 1.807) is 6.21 Å². The summed E-state index contributed by atoms with van der Waals surface area (Å²) in [5.41, 5.74) is 2.21. The van der Waals surface area contributed by atoms with Crippen molar-refractivity contribution in [2.24, 2.45) is 11.0 Å². The number of rotatable bonds is 6. The summed E-state index contributed by atoms with van der Waals surface area (Å²) in [6.07, 6.45) is 3.58. The zero-order valence-corrected chi connectivity index (χ0v) is 13.2. The van der Waals surface area contributed by atoms with Gasteiger partial charge in [-0.25, -0.2) is 4.98 Å². The van der Waals surface area contributed by atoms with Gasteiger partial charge < -0.3 is 9.90 Å². The third kappa shape index (κ3) is 3.98. The molecule has 0 bridgehead atoms. The van der Waals surface area contributed by atoms with Gasteiger partial charge in [0, 0.05) is 6.21 Å². The maximum atomic E-state index is 10.9. The molecule has 0 unspecified atom stereocenters. The lowest BCUT2D eigenvalue weighted by Crippen LogP contribution is -2.24. The summed E-state index contributed by atoms with van der Waals surface area (Å²) in [6.45, 7) is 4.08. The lowest BCUT2D eigenvalue weighted by Gasteiger charge is -2.12. The van der Waals surface area contributed by atoms with E-state index in [9.17, 15) is 9.90 Å². The third-order valence-corrected chi connectivity index (χ3v) is 3.85. The molecule has 0 aliphatic heterocycles. The van der Waals surface area contributed by atoms with Crippen LogP contribution >= 0.6 is 34.8 Å². The fourth-order valence-corrected chi connectivity index (χ4v) is 2.12. The van der Waals surface area contributed by atoms with Crippen LogP contribution in [0.1, 0.15) is 37.2 Å². The summed E-state index contributed by atoms with van der Waals surface area (Å²) in [5.74, 6) is -1.24. The number of anilines is 1. The van der Waals surface area contributed by atoms with E-state index in [2.05, 4.69) is 15.5 Å². The fourth-order valence-electron chi connectivity index (χ4n) is 1.45. The highest BCUT2D eigenvalue weighted by Gasteiger charge is 2.17. The molecule has 0 amide bonds. The van der Waals surface area contributed by atoms with Crippen LogP contribution in [-0.2, 0) is 0 Å². The van der Waals surface area contributed by atoms with Crippen LogP contribution in [-0.4, -0.2) is 17.2 Å². The number of aromatic nitrogens is 1. The first kappa shape index (κ1) is 17.0. The molecule has 1 aromatic heterocycles. The largest absolute Gasteiger partial charge is 0.543 e. The Morgan fingerprint density at radius 3 is 2.45 bits per heavy atom. The number of pyridine rings is 1. The van der Waals surface area contributed by atoms with Crippen molar-refractivity contribution in [2.75, 3.05) is 5.43 Å². The number of carbonyl (C=O) groups excluding carboxylic acids is 1. The van der Waals surface area contributed by atoms with Crippen LogP contribution in [0.15, 0.2) is 5.10 Å². The van der Waals surface area contributed by atoms with Crippen LogP contribution in [0.3, 0.4) is 0 Å². The number of nitrogens with one attached hydrogen (secondary N) is 1. The molecule has 0 fully saturated rings. The Balaban J connectivity index is 3.08. The smallest absolute Gasteiger partial charge is 0.150 e. The molecular weight excluding hydrogens is 325 g/mol. The lowest BCUT2D eigenvalue weighted by molar-refractivity contribution is -0.255. The molecule has 0 saturated heterocycles. The molecule has 0 radical (unpaired) electrons. The Morgan fingerprint density at radius 1 is 1.35 bits per heavy atom. The second kappa shape index (κ2) is 7.67. The minimum atomic E-state index is -1.54. The van der Waals surface area contributed by atoms with Gasteiger partial charge >= 0.3 is 0 Å². The molecule has 0 aromatic carbocycles. The summed E-state index contributed by atoms with van der Waals surface area (Å²) in [7, 11) is 0. The van der Waals surface area contributed by atoms with Gasteiger partial charge in [0.2, 0.25) is 0 Å². The predicted molar refractivity (Wildman–Crippen MR) is 79.8 cm³/mol. The molecule has 20 heavy (non-hydrogen) atoms. The molecule has 0 aliphatic carbocycles. The molecule has 1 heterocycles. The molecule has 0 spiro atoms. The molecule has 0 atom stereocenters. The van der Waals surface area contributed by atoms with E-state index in [1.807, 2.05) is 13.8 Å². The Labute approximate surface area is 131 Å². The van der Waals surface area contributed by atoms with Gasteiger partial charge in [0.05, 0.1) is 16.7 Å². The van der Waals surface area contributed by atoms with Crippen molar-refractivity contribution < 1.29 is 9.90 Å². The Bertz CT molecular complexity index is 531. The maximum Gasteiger partial charge on any atom is 0.150 e. The van der Waals surface area contributed by atoms with Crippen molar-refractivity contribution in [3.8, 4) is 0 Å². The zero-order valence-electron chi connectivity index (χ0n) is 10.9. The molecule has 8 heteroatoms. The fraction of sp³-hybridized carbons (Fsp3) is 0.417. The minimum Gasteiger partial charge on any atom is -0.543 e. The number of halogens is 3. The van der Waals surface area contributed by atoms with Crippen LogP contribution in [0.2, 0.25) is 15.2 Å². The summed E-state index contributed by atoms with van der Waals surface area (Å²) in [4.78, 5) is 14.4. The number of carbonyl (C=O) groups is 1. The summed E-state index contributed by atoms with van der Waals surface area (Å²) < 4.78 is 0. The van der Waals surface area contributed by atoms with E-state index in [4.69, 9.17) is 34.8 Å². The van der Waals surface area contributed by atoms with Crippen molar-refractivity contribution in [2.45, 2.75) is 26.7 Å². The summed E-state index contributed by atoms with van der Waals surface area (Å²) in [6, 6.07) is 0. The lowest BCUT2D eigenvalue weighted by atomic mass is 10.1. The van der Waals surface area contributed by atoms with Gasteiger partial charge in [-0.05, 0) is 18.8 Å². The van der Waals surface area contributed by atoms with Gasteiger partial charge in [-0.1, -0.05) is 48.7 Å². The van der Waals surface area contributed by atoms with Crippen LogP contribution < -0.4 is 10.5 Å². The second-order valence-corrected chi connectivity index (χ2v) is 5.12. The van der Waals surface area contributed by atoms with Crippen molar-refractivity contribution in [3.63, 3.8) is 0 Å². The SMILES string of the molecule is CCC(/C=N\Nc1c(Cl)c(Cl)nc(C(=O)[O-])c1Cl)CC. The highest BCUT2D eigenvalue weighted by Crippen LogP contribution is 2.36. The van der Waals surface area contributed by atoms with Crippen LogP contribution in [0.4, 0.5) is 5.69 Å². The normalized spacial score (nSPS) is 11.3. The van der Waals surface area contributed by atoms with Crippen molar-refractivity contribution >= 4 is 52.7 Å². The van der Waals surface area contributed by atoms with Gasteiger partial charge in [0.1, 0.15) is 10.7 Å². The Hall–Kier alpha value is -1.04. The average molecular weight is 338 g/mol. The first-order valence-electron chi connectivity index (χ1n) is 5.97. The number of hydrogen-bond donors (Lipinski definition) is 1. The van der Waals surface area contributed by atoms with Crippen molar-refractivity contribution in [1.29, 1.82) is 0 Å². The number of carboxylic acids is 1. The van der Waals surface area contributed by atoms with Gasteiger partial charge in [-0.3, -0.25) is 5.43 Å². The molecule has 1 rings (SSSR count). The summed E-state index contributed by atoms with van der Waals surface area (Å²) in [5, 5.41) is 14.5. The second-order valence-electron chi connectivity index (χ2n) is 4.01. The van der Waals surface area contributed by atoms with E-state index in [1.165, 1.54) is 0 Å². The average Bonchev–Trinajstić information content (AvgIpc) is 2.42. The van der Waals surface area contributed by atoms with E-state index in [0.29, 0.717) is 5.92 Å². The molecule has 1 N–H and O–H groups in total. The van der Waals surface area contributed by atoms with Crippen LogP contribution in [0.25, 0.3) is 0 Å². The molecular formula is C12H13Cl3N3O2-. The quantitative estimate of drug-likeness (QED) is 0.491. The van der Waals surface area contributed by atoms with Gasteiger partial charge in [-0.15, -0.1) is 0 Å². The third-order valence-electron chi connectivity index (χ3n) is 2.74. The highest BCUT2D eigenvalue weighted by atomic mass is 35.5. The highest BCUT2D eigenvalue weighted by molar-refractivity contribution is 6.46. The van der Waals surface area contributed by atoms with E-state index < -0.39 is 11.7 Å². The zero-order chi connectivity index (χ0) is 15.3. The monoisotopic (exact) mass is 336 g/mol. The van der Waals surface area contributed by atoms with Gasteiger partial charge in [0.15, 0.2) is 5.15 Å². The number of hydrogen-bond acceptors (Lipinski definition) is 5.